The first-order valence-corrected chi connectivity index (χ1v) is 5.75. The van der Waals surface area contributed by atoms with E-state index in [4.69, 9.17) is 15.8 Å². The van der Waals surface area contributed by atoms with Crippen LogP contribution in [0.5, 0.6) is 0 Å². The van der Waals surface area contributed by atoms with Gasteiger partial charge in [0.05, 0.1) is 23.8 Å². The molecular weight excluding hydrogens is 224 g/mol. The van der Waals surface area contributed by atoms with Crippen molar-refractivity contribution in [3.8, 4) is 18.2 Å². The second-order valence-electron chi connectivity index (χ2n) is 3.90. The Morgan fingerprint density at radius 3 is 1.89 bits per heavy atom. The Labute approximate surface area is 107 Å². The second-order valence-corrected chi connectivity index (χ2v) is 3.90. The largest absolute Gasteiger partial charge is 0.297 e. The fourth-order valence-electron chi connectivity index (χ4n) is 1.63. The minimum Gasteiger partial charge on any atom is -0.297 e. The lowest BCUT2D eigenvalue weighted by Gasteiger charge is -2.19. The smallest absolute Gasteiger partial charge is 0.0991 e. The van der Waals surface area contributed by atoms with E-state index in [1.807, 2.05) is 12.1 Å². The number of benzene rings is 1. The molecule has 18 heavy (non-hydrogen) atoms. The maximum Gasteiger partial charge on any atom is 0.0991 e. The molecule has 1 rings (SSSR count). The Bertz CT molecular complexity index is 467. The zero-order valence-electron chi connectivity index (χ0n) is 10.1. The number of nitrogens with zero attached hydrogens (tertiary/aromatic N) is 4. The molecule has 0 N–H and O–H groups in total. The van der Waals surface area contributed by atoms with Crippen molar-refractivity contribution in [2.45, 2.75) is 19.4 Å². The third-order valence-corrected chi connectivity index (χ3v) is 2.57. The predicted octanol–water partition coefficient (Wildman–Crippen LogP) is 2.19. The van der Waals surface area contributed by atoms with Crippen LogP contribution in [0.1, 0.15) is 24.0 Å². The Hall–Kier alpha value is -2.35. The molecule has 0 bridgehead atoms. The van der Waals surface area contributed by atoms with E-state index in [9.17, 15) is 0 Å². The maximum atomic E-state index is 8.71. The lowest BCUT2D eigenvalue weighted by atomic mass is 10.1. The quantitative estimate of drug-likeness (QED) is 0.761. The fourth-order valence-corrected chi connectivity index (χ4v) is 1.63. The average Bonchev–Trinajstić information content (AvgIpc) is 2.42. The Morgan fingerprint density at radius 1 is 0.889 bits per heavy atom. The van der Waals surface area contributed by atoms with Gasteiger partial charge in [0.15, 0.2) is 0 Å². The molecular formula is C14H14N4. The number of hydrogen-bond acceptors (Lipinski definition) is 4. The fraction of sp³-hybridized carbons (Fsp3) is 0.357. The van der Waals surface area contributed by atoms with Crippen LogP contribution in [-0.2, 0) is 6.54 Å². The molecule has 4 nitrogen and oxygen atoms in total. The van der Waals surface area contributed by atoms with Crippen LogP contribution < -0.4 is 0 Å². The molecule has 0 saturated heterocycles. The summed E-state index contributed by atoms with van der Waals surface area (Å²) in [5, 5.41) is 25.9. The molecule has 0 aliphatic rings. The number of rotatable bonds is 6. The Balaban J connectivity index is 2.61. The van der Waals surface area contributed by atoms with Crippen molar-refractivity contribution in [3.05, 3.63) is 35.4 Å². The molecule has 1 aromatic carbocycles. The molecule has 0 saturated carbocycles. The van der Waals surface area contributed by atoms with Gasteiger partial charge in [0, 0.05) is 32.5 Å². The summed E-state index contributed by atoms with van der Waals surface area (Å²) in [5.74, 6) is 0. The van der Waals surface area contributed by atoms with Crippen molar-refractivity contribution in [1.29, 1.82) is 15.8 Å². The van der Waals surface area contributed by atoms with Crippen LogP contribution in [-0.4, -0.2) is 18.0 Å². The highest BCUT2D eigenvalue weighted by molar-refractivity contribution is 5.31. The molecule has 0 amide bonds. The first-order valence-electron chi connectivity index (χ1n) is 5.75. The van der Waals surface area contributed by atoms with Gasteiger partial charge < -0.3 is 0 Å². The van der Waals surface area contributed by atoms with Crippen molar-refractivity contribution >= 4 is 0 Å². The first-order chi connectivity index (χ1) is 8.80. The van der Waals surface area contributed by atoms with Gasteiger partial charge in [-0.05, 0) is 17.7 Å². The lowest BCUT2D eigenvalue weighted by Crippen LogP contribution is -2.25. The topological polar surface area (TPSA) is 74.6 Å². The Kier molecular flexibility index (Phi) is 5.98. The summed E-state index contributed by atoms with van der Waals surface area (Å²) in [5.41, 5.74) is 1.73. The molecule has 0 aromatic heterocycles. The van der Waals surface area contributed by atoms with Crippen molar-refractivity contribution in [1.82, 2.24) is 4.90 Å². The van der Waals surface area contributed by atoms with Gasteiger partial charge in [-0.1, -0.05) is 12.1 Å². The average molecular weight is 238 g/mol. The van der Waals surface area contributed by atoms with Crippen LogP contribution in [0.2, 0.25) is 0 Å². The maximum absolute atomic E-state index is 8.71. The molecule has 90 valence electrons. The zero-order chi connectivity index (χ0) is 13.2. The van der Waals surface area contributed by atoms with Crippen LogP contribution >= 0.6 is 0 Å². The summed E-state index contributed by atoms with van der Waals surface area (Å²) < 4.78 is 0. The number of nitriles is 3. The molecule has 0 aliphatic carbocycles. The highest BCUT2D eigenvalue weighted by Gasteiger charge is 2.05. The molecule has 0 atom stereocenters. The van der Waals surface area contributed by atoms with E-state index >= 15 is 0 Å². The van der Waals surface area contributed by atoms with E-state index in [0.717, 1.165) is 5.56 Å². The summed E-state index contributed by atoms with van der Waals surface area (Å²) in [6.45, 7) is 2.03. The molecule has 0 heterocycles. The first kappa shape index (κ1) is 13.7. The highest BCUT2D eigenvalue weighted by Crippen LogP contribution is 2.08. The standard InChI is InChI=1S/C14H14N4/c15-7-1-9-18(10-2-8-16)12-14-5-3-13(11-17)4-6-14/h3-6H,1-2,9-10,12H2. The van der Waals surface area contributed by atoms with Crippen molar-refractivity contribution < 1.29 is 0 Å². The lowest BCUT2D eigenvalue weighted by molar-refractivity contribution is 0.278. The van der Waals surface area contributed by atoms with Crippen LogP contribution in [0, 0.1) is 34.0 Å². The number of hydrogen-bond donors (Lipinski definition) is 0. The monoisotopic (exact) mass is 238 g/mol. The molecule has 0 aliphatic heterocycles. The summed E-state index contributed by atoms with van der Waals surface area (Å²) in [6, 6.07) is 13.7. The van der Waals surface area contributed by atoms with E-state index < -0.39 is 0 Å². The van der Waals surface area contributed by atoms with Gasteiger partial charge in [-0.2, -0.15) is 15.8 Å². The van der Waals surface area contributed by atoms with Gasteiger partial charge in [0.25, 0.3) is 0 Å². The summed E-state index contributed by atoms with van der Waals surface area (Å²) in [7, 11) is 0. The molecule has 0 fully saturated rings. The molecule has 0 unspecified atom stereocenters. The van der Waals surface area contributed by atoms with Gasteiger partial charge >= 0.3 is 0 Å². The SMILES string of the molecule is N#CCCN(CCC#N)Cc1ccc(C#N)cc1. The van der Waals surface area contributed by atoms with Crippen molar-refractivity contribution in [2.75, 3.05) is 13.1 Å². The van der Waals surface area contributed by atoms with E-state index in [1.54, 1.807) is 12.1 Å². The van der Waals surface area contributed by atoms with Crippen molar-refractivity contribution in [2.24, 2.45) is 0 Å². The minimum absolute atomic E-state index is 0.460. The molecule has 4 heteroatoms. The van der Waals surface area contributed by atoms with Crippen LogP contribution in [0.25, 0.3) is 0 Å². The van der Waals surface area contributed by atoms with Gasteiger partial charge in [-0.15, -0.1) is 0 Å². The molecule has 0 spiro atoms. The summed E-state index contributed by atoms with van der Waals surface area (Å²) in [4.78, 5) is 2.08. The summed E-state index contributed by atoms with van der Waals surface area (Å²) >= 11 is 0. The predicted molar refractivity (Wildman–Crippen MR) is 66.9 cm³/mol. The van der Waals surface area contributed by atoms with Gasteiger partial charge in [-0.3, -0.25) is 4.90 Å². The third-order valence-electron chi connectivity index (χ3n) is 2.57. The normalized spacial score (nSPS) is 9.44. The van der Waals surface area contributed by atoms with E-state index in [-0.39, 0.29) is 0 Å². The van der Waals surface area contributed by atoms with E-state index in [0.29, 0.717) is 38.0 Å². The third kappa shape index (κ3) is 4.66. The minimum atomic E-state index is 0.460. The van der Waals surface area contributed by atoms with Gasteiger partial charge in [0.2, 0.25) is 0 Å². The van der Waals surface area contributed by atoms with Crippen LogP contribution in [0.3, 0.4) is 0 Å². The van der Waals surface area contributed by atoms with Crippen LogP contribution in [0.15, 0.2) is 24.3 Å². The second kappa shape index (κ2) is 7.85. The Morgan fingerprint density at radius 2 is 1.44 bits per heavy atom. The molecule has 1 aromatic rings. The van der Waals surface area contributed by atoms with E-state index in [1.165, 1.54) is 0 Å². The van der Waals surface area contributed by atoms with E-state index in [2.05, 4.69) is 23.1 Å². The summed E-state index contributed by atoms with van der Waals surface area (Å²) in [6.07, 6.45) is 0.920. The van der Waals surface area contributed by atoms with Crippen molar-refractivity contribution in [3.63, 3.8) is 0 Å². The zero-order valence-corrected chi connectivity index (χ0v) is 10.1. The van der Waals surface area contributed by atoms with Gasteiger partial charge in [-0.25, -0.2) is 0 Å². The van der Waals surface area contributed by atoms with Crippen LogP contribution in [0.4, 0.5) is 0 Å². The molecule has 0 radical (unpaired) electrons. The highest BCUT2D eigenvalue weighted by atomic mass is 15.1. The van der Waals surface area contributed by atoms with Gasteiger partial charge in [0.1, 0.15) is 0 Å².